The number of anilines is 1. The first-order chi connectivity index (χ1) is 11.1. The third kappa shape index (κ3) is 3.83. The van der Waals surface area contributed by atoms with Gasteiger partial charge in [0.05, 0.1) is 0 Å². The van der Waals surface area contributed by atoms with E-state index < -0.39 is 0 Å². The molecule has 23 heavy (non-hydrogen) atoms. The van der Waals surface area contributed by atoms with Crippen LogP contribution in [0.15, 0.2) is 66.7 Å². The maximum Gasteiger partial charge on any atom is 0.130 e. The lowest BCUT2D eigenvalue weighted by Crippen LogP contribution is -1.90. The molecule has 0 aromatic heterocycles. The van der Waals surface area contributed by atoms with Crippen LogP contribution in [-0.4, -0.2) is 0 Å². The molecule has 0 saturated heterocycles. The normalized spacial score (nSPS) is 10.3. The van der Waals surface area contributed by atoms with Crippen molar-refractivity contribution in [2.45, 2.75) is 13.8 Å². The molecule has 3 aromatic rings. The highest BCUT2D eigenvalue weighted by atomic mass is 16.5. The van der Waals surface area contributed by atoms with Gasteiger partial charge in [0.25, 0.3) is 0 Å². The van der Waals surface area contributed by atoms with E-state index in [0.717, 1.165) is 22.8 Å². The van der Waals surface area contributed by atoms with E-state index in [2.05, 4.69) is 19.1 Å². The summed E-state index contributed by atoms with van der Waals surface area (Å²) >= 11 is 0. The molecule has 0 atom stereocenters. The minimum absolute atomic E-state index is 0.678. The second-order valence-corrected chi connectivity index (χ2v) is 5.52. The lowest BCUT2D eigenvalue weighted by atomic mass is 10.1. The largest absolute Gasteiger partial charge is 0.457 e. The number of ether oxygens (including phenoxy) is 2. The van der Waals surface area contributed by atoms with Crippen LogP contribution in [0.3, 0.4) is 0 Å². The number of hydrogen-bond acceptors (Lipinski definition) is 3. The number of aryl methyl sites for hydroxylation is 2. The zero-order valence-electron chi connectivity index (χ0n) is 13.2. The van der Waals surface area contributed by atoms with Gasteiger partial charge in [-0.1, -0.05) is 18.2 Å². The lowest BCUT2D eigenvalue weighted by molar-refractivity contribution is 0.467. The molecule has 3 nitrogen and oxygen atoms in total. The van der Waals surface area contributed by atoms with Gasteiger partial charge in [0, 0.05) is 11.8 Å². The molecular weight excluding hydrogens is 286 g/mol. The maximum atomic E-state index is 5.94. The zero-order chi connectivity index (χ0) is 16.2. The Kier molecular flexibility index (Phi) is 4.20. The van der Waals surface area contributed by atoms with Gasteiger partial charge in [-0.05, 0) is 67.4 Å². The standard InChI is InChI=1S/C20H19NO2/c1-14-6-7-15(2)20(12-14)23-18-10-8-17(9-11-18)22-19-5-3-4-16(21)13-19/h3-13H,21H2,1-2H3. The minimum atomic E-state index is 0.678. The molecule has 0 radical (unpaired) electrons. The smallest absolute Gasteiger partial charge is 0.130 e. The van der Waals surface area contributed by atoms with Crippen molar-refractivity contribution in [3.05, 3.63) is 77.9 Å². The van der Waals surface area contributed by atoms with Crippen LogP contribution in [0.2, 0.25) is 0 Å². The van der Waals surface area contributed by atoms with Gasteiger partial charge < -0.3 is 15.2 Å². The summed E-state index contributed by atoms with van der Waals surface area (Å²) in [6.45, 7) is 4.08. The fraction of sp³-hybridized carbons (Fsp3) is 0.100. The Morgan fingerprint density at radius 2 is 1.39 bits per heavy atom. The van der Waals surface area contributed by atoms with Gasteiger partial charge in [0.15, 0.2) is 0 Å². The summed E-state index contributed by atoms with van der Waals surface area (Å²) in [6, 6.07) is 21.1. The first-order valence-corrected chi connectivity index (χ1v) is 7.49. The number of nitrogens with two attached hydrogens (primary N) is 1. The van der Waals surface area contributed by atoms with Crippen LogP contribution in [0.5, 0.6) is 23.0 Å². The average Bonchev–Trinajstić information content (AvgIpc) is 2.53. The van der Waals surface area contributed by atoms with Crippen LogP contribution >= 0.6 is 0 Å². The molecule has 0 amide bonds. The third-order valence-corrected chi connectivity index (χ3v) is 3.49. The second-order valence-electron chi connectivity index (χ2n) is 5.52. The molecule has 0 aliphatic carbocycles. The van der Waals surface area contributed by atoms with Gasteiger partial charge in [-0.3, -0.25) is 0 Å². The van der Waals surface area contributed by atoms with Crippen molar-refractivity contribution < 1.29 is 9.47 Å². The van der Waals surface area contributed by atoms with Crippen LogP contribution in [0.1, 0.15) is 11.1 Å². The second kappa shape index (κ2) is 6.44. The molecule has 2 N–H and O–H groups in total. The van der Waals surface area contributed by atoms with Crippen molar-refractivity contribution in [1.82, 2.24) is 0 Å². The van der Waals surface area contributed by atoms with Gasteiger partial charge in [0.2, 0.25) is 0 Å². The minimum Gasteiger partial charge on any atom is -0.457 e. The van der Waals surface area contributed by atoms with E-state index in [0.29, 0.717) is 11.4 Å². The van der Waals surface area contributed by atoms with Crippen molar-refractivity contribution >= 4 is 5.69 Å². The quantitative estimate of drug-likeness (QED) is 0.650. The van der Waals surface area contributed by atoms with Crippen LogP contribution < -0.4 is 15.2 Å². The van der Waals surface area contributed by atoms with E-state index in [1.165, 1.54) is 5.56 Å². The van der Waals surface area contributed by atoms with Crippen LogP contribution in [-0.2, 0) is 0 Å². The topological polar surface area (TPSA) is 44.5 Å². The van der Waals surface area contributed by atoms with E-state index in [-0.39, 0.29) is 0 Å². The molecule has 0 heterocycles. The van der Waals surface area contributed by atoms with E-state index in [4.69, 9.17) is 15.2 Å². The van der Waals surface area contributed by atoms with Crippen molar-refractivity contribution in [2.24, 2.45) is 0 Å². The van der Waals surface area contributed by atoms with Crippen molar-refractivity contribution in [3.8, 4) is 23.0 Å². The molecule has 0 spiro atoms. The summed E-state index contributed by atoms with van der Waals surface area (Å²) in [5.74, 6) is 3.10. The molecule has 0 aliphatic rings. The van der Waals surface area contributed by atoms with Crippen LogP contribution in [0.4, 0.5) is 5.69 Å². The molecular formula is C20H19NO2. The Bertz CT molecular complexity index is 810. The molecule has 0 bridgehead atoms. The number of benzene rings is 3. The van der Waals surface area contributed by atoms with Gasteiger partial charge in [-0.2, -0.15) is 0 Å². The summed E-state index contributed by atoms with van der Waals surface area (Å²) in [5, 5.41) is 0. The Balaban J connectivity index is 1.73. The Hall–Kier alpha value is -2.94. The molecule has 3 heteroatoms. The first kappa shape index (κ1) is 15.0. The number of hydrogen-bond donors (Lipinski definition) is 1. The Labute approximate surface area is 136 Å². The summed E-state index contributed by atoms with van der Waals surface area (Å²) in [6.07, 6.45) is 0. The van der Waals surface area contributed by atoms with Gasteiger partial charge in [-0.25, -0.2) is 0 Å². The molecule has 0 unspecified atom stereocenters. The SMILES string of the molecule is Cc1ccc(C)c(Oc2ccc(Oc3cccc(N)c3)cc2)c1. The van der Waals surface area contributed by atoms with E-state index in [1.54, 1.807) is 6.07 Å². The van der Waals surface area contributed by atoms with Crippen molar-refractivity contribution in [1.29, 1.82) is 0 Å². The number of rotatable bonds is 4. The monoisotopic (exact) mass is 305 g/mol. The lowest BCUT2D eigenvalue weighted by Gasteiger charge is -2.11. The highest BCUT2D eigenvalue weighted by Crippen LogP contribution is 2.29. The Morgan fingerprint density at radius 1 is 0.696 bits per heavy atom. The van der Waals surface area contributed by atoms with Crippen LogP contribution in [0, 0.1) is 13.8 Å². The molecule has 0 fully saturated rings. The van der Waals surface area contributed by atoms with E-state index in [1.807, 2.05) is 55.5 Å². The molecule has 116 valence electrons. The molecule has 0 aliphatic heterocycles. The van der Waals surface area contributed by atoms with Crippen LogP contribution in [0.25, 0.3) is 0 Å². The first-order valence-electron chi connectivity index (χ1n) is 7.49. The van der Waals surface area contributed by atoms with Gasteiger partial charge in [-0.15, -0.1) is 0 Å². The highest BCUT2D eigenvalue weighted by molar-refractivity contribution is 5.46. The summed E-state index contributed by atoms with van der Waals surface area (Å²) in [7, 11) is 0. The van der Waals surface area contributed by atoms with Gasteiger partial charge in [0.1, 0.15) is 23.0 Å². The van der Waals surface area contributed by atoms with E-state index in [9.17, 15) is 0 Å². The summed E-state index contributed by atoms with van der Waals surface area (Å²) in [5.41, 5.74) is 8.71. The summed E-state index contributed by atoms with van der Waals surface area (Å²) < 4.78 is 11.7. The molecule has 0 saturated carbocycles. The zero-order valence-corrected chi connectivity index (χ0v) is 13.2. The average molecular weight is 305 g/mol. The summed E-state index contributed by atoms with van der Waals surface area (Å²) in [4.78, 5) is 0. The fourth-order valence-electron chi connectivity index (χ4n) is 2.23. The molecule has 3 rings (SSSR count). The third-order valence-electron chi connectivity index (χ3n) is 3.49. The predicted molar refractivity (Wildman–Crippen MR) is 93.4 cm³/mol. The Morgan fingerprint density at radius 3 is 2.09 bits per heavy atom. The maximum absolute atomic E-state index is 5.94. The number of nitrogen functional groups attached to an aromatic ring is 1. The van der Waals surface area contributed by atoms with Gasteiger partial charge >= 0.3 is 0 Å². The van der Waals surface area contributed by atoms with Crippen molar-refractivity contribution in [3.63, 3.8) is 0 Å². The highest BCUT2D eigenvalue weighted by Gasteiger charge is 2.03. The van der Waals surface area contributed by atoms with Crippen molar-refractivity contribution in [2.75, 3.05) is 5.73 Å². The fourth-order valence-corrected chi connectivity index (χ4v) is 2.23. The molecule has 3 aromatic carbocycles. The van der Waals surface area contributed by atoms with E-state index >= 15 is 0 Å². The predicted octanol–water partition coefficient (Wildman–Crippen LogP) is 5.47.